The predicted octanol–water partition coefficient (Wildman–Crippen LogP) is 7.74. The predicted molar refractivity (Wildman–Crippen MR) is 225 cm³/mol. The number of nitro groups is 1. The van der Waals surface area contributed by atoms with E-state index in [2.05, 4.69) is 56.5 Å². The zero-order valence-electron chi connectivity index (χ0n) is 30.6. The van der Waals surface area contributed by atoms with Gasteiger partial charge in [-0.15, -0.1) is 11.8 Å². The number of rotatable bonds is 18. The van der Waals surface area contributed by atoms with Crippen LogP contribution in [0.5, 0.6) is 0 Å². The van der Waals surface area contributed by atoms with Crippen LogP contribution in [0.1, 0.15) is 22.3 Å². The van der Waals surface area contributed by atoms with Crippen molar-refractivity contribution in [1.29, 1.82) is 0 Å². The highest BCUT2D eigenvalue weighted by atomic mass is 35.5. The van der Waals surface area contributed by atoms with Gasteiger partial charge in [0.25, 0.3) is 21.6 Å². The number of halogens is 1. The number of piperazine rings is 1. The molecule has 4 aromatic carbocycles. The summed E-state index contributed by atoms with van der Waals surface area (Å²) in [4.78, 5) is 29.7. The number of allylic oxidation sites excluding steroid dienone is 3. The second kappa shape index (κ2) is 19.6. The number of benzene rings is 4. The van der Waals surface area contributed by atoms with Gasteiger partial charge in [0.05, 0.1) is 9.82 Å². The first-order valence-electron chi connectivity index (χ1n) is 17.8. The standard InChI is InChI=1S/C41H45ClN6O5S2/c1-4-8-36(5-2)54-29-34(21-22-43-3)44-39-20-19-37(27-40(39)48(50)51)55(52,53)45-41(49)31-13-17-35(18-14-31)47-25-23-46(24-26-47)28-32-9-6-7-10-38(32)30-11-15-33(42)16-12-30/h4-20,27,34,43-44H,1-2,21-26,28-29H2,3H3,(H,45,49)/b36-8+. The number of carbonyl (C=O) groups is 1. The summed E-state index contributed by atoms with van der Waals surface area (Å²) >= 11 is 7.63. The minimum Gasteiger partial charge on any atom is -0.376 e. The summed E-state index contributed by atoms with van der Waals surface area (Å²) < 4.78 is 28.7. The van der Waals surface area contributed by atoms with Gasteiger partial charge in [-0.05, 0) is 91.3 Å². The van der Waals surface area contributed by atoms with Gasteiger partial charge in [-0.3, -0.25) is 19.8 Å². The van der Waals surface area contributed by atoms with E-state index in [0.29, 0.717) is 23.7 Å². The van der Waals surface area contributed by atoms with Crippen LogP contribution >= 0.6 is 23.4 Å². The largest absolute Gasteiger partial charge is 0.376 e. The Morgan fingerprint density at radius 3 is 2.36 bits per heavy atom. The van der Waals surface area contributed by atoms with E-state index >= 15 is 0 Å². The third kappa shape index (κ3) is 11.3. The summed E-state index contributed by atoms with van der Waals surface area (Å²) in [5.74, 6) is -0.272. The van der Waals surface area contributed by atoms with E-state index in [9.17, 15) is 23.3 Å². The van der Waals surface area contributed by atoms with Gasteiger partial charge in [-0.25, -0.2) is 13.1 Å². The van der Waals surface area contributed by atoms with E-state index in [1.807, 2.05) is 43.5 Å². The Labute approximate surface area is 332 Å². The first-order valence-corrected chi connectivity index (χ1v) is 20.6. The van der Waals surface area contributed by atoms with Crippen LogP contribution in [0.3, 0.4) is 0 Å². The molecule has 0 spiro atoms. The van der Waals surface area contributed by atoms with Crippen molar-refractivity contribution in [3.05, 3.63) is 154 Å². The molecule has 1 unspecified atom stereocenters. The van der Waals surface area contributed by atoms with Gasteiger partial charge in [0, 0.05) is 71.8 Å². The van der Waals surface area contributed by atoms with Crippen molar-refractivity contribution < 1.29 is 18.1 Å². The Balaban J connectivity index is 1.19. The molecule has 4 aromatic rings. The van der Waals surface area contributed by atoms with Gasteiger partial charge in [0.2, 0.25) is 0 Å². The molecule has 1 amide bonds. The maximum Gasteiger partial charge on any atom is 0.293 e. The molecule has 0 aromatic heterocycles. The molecule has 1 fully saturated rings. The van der Waals surface area contributed by atoms with Crippen molar-refractivity contribution >= 4 is 56.4 Å². The van der Waals surface area contributed by atoms with Gasteiger partial charge >= 0.3 is 0 Å². The molecule has 1 heterocycles. The lowest BCUT2D eigenvalue weighted by atomic mass is 9.99. The third-order valence-electron chi connectivity index (χ3n) is 9.17. The topological polar surface area (TPSA) is 137 Å². The summed E-state index contributed by atoms with van der Waals surface area (Å²) in [5, 5.41) is 19.1. The Morgan fingerprint density at radius 1 is 1.00 bits per heavy atom. The average molecular weight is 801 g/mol. The molecule has 1 aliphatic heterocycles. The maximum absolute atomic E-state index is 13.3. The monoisotopic (exact) mass is 800 g/mol. The molecule has 1 saturated heterocycles. The van der Waals surface area contributed by atoms with E-state index in [1.165, 1.54) is 35.0 Å². The number of hydrogen-bond acceptors (Lipinski definition) is 10. The first kappa shape index (κ1) is 41.2. The zero-order valence-corrected chi connectivity index (χ0v) is 33.0. The van der Waals surface area contributed by atoms with E-state index in [-0.39, 0.29) is 17.3 Å². The minimum atomic E-state index is -4.44. The average Bonchev–Trinajstić information content (AvgIpc) is 3.19. The second-order valence-corrected chi connectivity index (χ2v) is 16.1. The van der Waals surface area contributed by atoms with Crippen LogP contribution in [0.4, 0.5) is 17.1 Å². The number of amides is 1. The van der Waals surface area contributed by atoms with Crippen molar-refractivity contribution in [2.75, 3.05) is 55.7 Å². The smallest absolute Gasteiger partial charge is 0.293 e. The lowest BCUT2D eigenvalue weighted by Gasteiger charge is -2.36. The number of nitrogens with zero attached hydrogens (tertiary/aromatic N) is 3. The lowest BCUT2D eigenvalue weighted by molar-refractivity contribution is -0.384. The fraction of sp³-hybridized carbons (Fsp3) is 0.244. The highest BCUT2D eigenvalue weighted by Gasteiger charge is 2.26. The molecular weight excluding hydrogens is 756 g/mol. The van der Waals surface area contributed by atoms with Crippen molar-refractivity contribution in [2.45, 2.75) is 23.9 Å². The number of carbonyl (C=O) groups excluding carboxylic acids is 1. The van der Waals surface area contributed by atoms with Gasteiger partial charge in [-0.2, -0.15) is 0 Å². The Kier molecular flexibility index (Phi) is 14.7. The van der Waals surface area contributed by atoms with E-state index < -0.39 is 31.4 Å². The van der Waals surface area contributed by atoms with Crippen LogP contribution in [0.15, 0.2) is 132 Å². The number of thioether (sulfide) groups is 1. The minimum absolute atomic E-state index is 0.145. The van der Waals surface area contributed by atoms with E-state index in [1.54, 1.807) is 36.4 Å². The Hall–Kier alpha value is -4.92. The summed E-state index contributed by atoms with van der Waals surface area (Å²) in [6.45, 7) is 12.2. The van der Waals surface area contributed by atoms with Crippen LogP contribution in [-0.2, 0) is 16.6 Å². The summed E-state index contributed by atoms with van der Waals surface area (Å²) in [5.41, 5.74) is 4.36. The van der Waals surface area contributed by atoms with Crippen LogP contribution in [0.25, 0.3) is 11.1 Å². The highest BCUT2D eigenvalue weighted by Crippen LogP contribution is 2.31. The molecule has 11 nitrogen and oxygen atoms in total. The first-order chi connectivity index (χ1) is 26.5. The molecule has 288 valence electrons. The van der Waals surface area contributed by atoms with Crippen LogP contribution in [-0.4, -0.2) is 75.7 Å². The molecule has 0 bridgehead atoms. The second-order valence-electron chi connectivity index (χ2n) is 12.9. The van der Waals surface area contributed by atoms with Gasteiger partial charge in [0.1, 0.15) is 5.69 Å². The number of anilines is 2. The summed E-state index contributed by atoms with van der Waals surface area (Å²) in [7, 11) is -2.62. The normalized spacial score (nSPS) is 14.2. The van der Waals surface area contributed by atoms with Crippen molar-refractivity contribution in [3.63, 3.8) is 0 Å². The van der Waals surface area contributed by atoms with Crippen molar-refractivity contribution in [1.82, 2.24) is 14.9 Å². The molecule has 55 heavy (non-hydrogen) atoms. The van der Waals surface area contributed by atoms with Gasteiger partial charge < -0.3 is 15.5 Å². The number of nitrogens with one attached hydrogen (secondary N) is 3. The van der Waals surface area contributed by atoms with Gasteiger partial charge in [-0.1, -0.05) is 73.3 Å². The molecule has 0 saturated carbocycles. The molecule has 1 aliphatic rings. The van der Waals surface area contributed by atoms with Crippen molar-refractivity contribution in [3.8, 4) is 11.1 Å². The quantitative estimate of drug-likeness (QED) is 0.0521. The summed E-state index contributed by atoms with van der Waals surface area (Å²) in [6, 6.07) is 26.4. The number of nitro benzene ring substituents is 1. The zero-order chi connectivity index (χ0) is 39.4. The number of hydrogen-bond donors (Lipinski definition) is 3. The number of sulfonamides is 1. The molecule has 5 rings (SSSR count). The molecule has 14 heteroatoms. The Bertz CT molecular complexity index is 2120. The fourth-order valence-corrected chi connectivity index (χ4v) is 8.29. The molecule has 0 radical (unpaired) electrons. The lowest BCUT2D eigenvalue weighted by Crippen LogP contribution is -2.46. The molecule has 0 aliphatic carbocycles. The third-order valence-corrected chi connectivity index (χ3v) is 12.0. The molecule has 1 atom stereocenters. The van der Waals surface area contributed by atoms with Crippen LogP contribution < -0.4 is 20.3 Å². The van der Waals surface area contributed by atoms with E-state index in [4.69, 9.17) is 11.6 Å². The summed E-state index contributed by atoms with van der Waals surface area (Å²) in [6.07, 6.45) is 5.84. The molecule has 3 N–H and O–H groups in total. The van der Waals surface area contributed by atoms with Gasteiger partial charge in [0.15, 0.2) is 0 Å². The van der Waals surface area contributed by atoms with Crippen molar-refractivity contribution in [2.24, 2.45) is 0 Å². The Morgan fingerprint density at radius 2 is 1.71 bits per heavy atom. The van der Waals surface area contributed by atoms with Crippen LogP contribution in [0.2, 0.25) is 5.02 Å². The van der Waals surface area contributed by atoms with E-state index in [0.717, 1.165) is 54.9 Å². The SMILES string of the molecule is C=C/C=C(\C=C)SCC(CCNC)Nc1ccc(S(=O)(=O)NC(=O)c2ccc(N3CCN(Cc4ccccc4-c4ccc(Cl)cc4)CC3)cc2)cc1[N+](=O)[O-]. The maximum atomic E-state index is 13.3. The highest BCUT2D eigenvalue weighted by molar-refractivity contribution is 8.03. The molecular formula is C41H45ClN6O5S2. The fourth-order valence-electron chi connectivity index (χ4n) is 6.21. The van der Waals surface area contributed by atoms with Crippen LogP contribution in [0, 0.1) is 10.1 Å².